The number of aromatic carboxylic acids is 2. The Bertz CT molecular complexity index is 2530. The zero-order valence-electron chi connectivity index (χ0n) is 35.4. The number of nitrogens with zero attached hydrogens (tertiary/aromatic N) is 4. The van der Waals surface area contributed by atoms with Crippen molar-refractivity contribution < 1.29 is 19.8 Å². The molecule has 4 heterocycles. The first-order valence-electron chi connectivity index (χ1n) is 20.7. The molecule has 0 radical (unpaired) electrons. The lowest BCUT2D eigenvalue weighted by Gasteiger charge is -2.19. The van der Waals surface area contributed by atoms with Gasteiger partial charge in [0.2, 0.25) is 0 Å². The average Bonchev–Trinajstić information content (AvgIpc) is 4.10. The van der Waals surface area contributed by atoms with Crippen LogP contribution in [0, 0.1) is 10.8 Å². The molecule has 302 valence electrons. The normalized spacial score (nSPS) is 14.6. The Morgan fingerprint density at radius 3 is 1.66 bits per heavy atom. The number of pyridine rings is 2. The molecule has 0 spiro atoms. The van der Waals surface area contributed by atoms with E-state index in [2.05, 4.69) is 136 Å². The molecule has 0 atom stereocenters. The van der Waals surface area contributed by atoms with Gasteiger partial charge in [-0.15, -0.1) is 0 Å². The lowest BCUT2D eigenvalue weighted by molar-refractivity contribution is 0.0684. The molecule has 0 bridgehead atoms. The number of fused-ring (bicyclic) bond motifs is 2. The summed E-state index contributed by atoms with van der Waals surface area (Å²) in [7, 11) is 4.14. The minimum absolute atomic E-state index is 0.0875. The van der Waals surface area contributed by atoms with Crippen LogP contribution in [0.3, 0.4) is 0 Å². The maximum Gasteiger partial charge on any atom is 0.337 e. The molecule has 58 heavy (non-hydrogen) atoms. The topological polar surface area (TPSA) is 110 Å². The first-order chi connectivity index (χ1) is 27.4. The van der Waals surface area contributed by atoms with Crippen LogP contribution in [-0.2, 0) is 33.4 Å². The molecular weight excluding hydrogens is 721 g/mol. The zero-order valence-corrected chi connectivity index (χ0v) is 35.4. The third-order valence-electron chi connectivity index (χ3n) is 11.4. The highest BCUT2D eigenvalue weighted by atomic mass is 16.4. The van der Waals surface area contributed by atoms with E-state index in [1.165, 1.54) is 22.0 Å². The molecule has 0 saturated heterocycles. The van der Waals surface area contributed by atoms with Crippen molar-refractivity contribution in [2.24, 2.45) is 24.9 Å². The monoisotopic (exact) mass is 778 g/mol. The zero-order chi connectivity index (χ0) is 41.5. The van der Waals surface area contributed by atoms with Gasteiger partial charge in [-0.1, -0.05) is 59.8 Å². The SMILES string of the molecule is Cn1ccc2cc(Cc3ncc(C4CC4)cc3C(=O)O)cc(/C=C/C(C)(C)C)c21.Cn1ccc2cc(Cc3ncc(C4CC4)cc3C(=O)O)cc(CCC(C)(C)C)c21. The largest absolute Gasteiger partial charge is 0.478 e. The van der Waals surface area contributed by atoms with Gasteiger partial charge in [0.25, 0.3) is 0 Å². The maximum absolute atomic E-state index is 11.9. The van der Waals surface area contributed by atoms with E-state index in [-0.39, 0.29) is 10.8 Å². The van der Waals surface area contributed by atoms with E-state index in [4.69, 9.17) is 0 Å². The van der Waals surface area contributed by atoms with E-state index in [1.807, 2.05) is 24.5 Å². The fourth-order valence-corrected chi connectivity index (χ4v) is 7.86. The molecule has 4 aromatic heterocycles. The molecule has 0 aliphatic heterocycles. The number of hydrogen-bond donors (Lipinski definition) is 2. The maximum atomic E-state index is 11.9. The predicted molar refractivity (Wildman–Crippen MR) is 234 cm³/mol. The van der Waals surface area contributed by atoms with Crippen LogP contribution in [0.5, 0.6) is 0 Å². The van der Waals surface area contributed by atoms with Gasteiger partial charge in [-0.3, -0.25) is 9.97 Å². The Morgan fingerprint density at radius 2 is 1.19 bits per heavy atom. The molecule has 8 rings (SSSR count). The van der Waals surface area contributed by atoms with Crippen LogP contribution in [0.2, 0.25) is 0 Å². The standard InChI is InChI=1S/C25H30N2O2.C25H28N2O2/c2*1-25(2,3)9-7-18-11-16(12-19-8-10-27(4)23(18)19)13-22-21(24(28)29)14-20(15-26-22)17-5-6-17/h8,10-12,14-15,17H,5-7,9,13H2,1-4H3,(H,28,29);7-12,14-15,17H,5-6,13H2,1-4H3,(H,28,29)/b;9-7+. The van der Waals surface area contributed by atoms with Crippen LogP contribution in [0.15, 0.2) is 79.4 Å². The van der Waals surface area contributed by atoms with Crippen molar-refractivity contribution in [3.05, 3.63) is 135 Å². The van der Waals surface area contributed by atoms with Crippen molar-refractivity contribution in [3.63, 3.8) is 0 Å². The first-order valence-corrected chi connectivity index (χ1v) is 20.7. The van der Waals surface area contributed by atoms with Crippen LogP contribution >= 0.6 is 0 Å². The van der Waals surface area contributed by atoms with Gasteiger partial charge in [0.05, 0.1) is 33.5 Å². The van der Waals surface area contributed by atoms with Crippen molar-refractivity contribution in [3.8, 4) is 0 Å². The fraction of sp³-hybridized carbons (Fsp3) is 0.400. The second-order valence-corrected chi connectivity index (χ2v) is 19.0. The fourth-order valence-electron chi connectivity index (χ4n) is 7.86. The van der Waals surface area contributed by atoms with E-state index in [0.29, 0.717) is 47.2 Å². The molecule has 2 aliphatic carbocycles. The average molecular weight is 779 g/mol. The molecule has 8 nitrogen and oxygen atoms in total. The lowest BCUT2D eigenvalue weighted by atomic mass is 9.87. The van der Waals surface area contributed by atoms with E-state index < -0.39 is 11.9 Å². The van der Waals surface area contributed by atoms with Crippen LogP contribution in [0.1, 0.15) is 151 Å². The number of aromatic nitrogens is 4. The van der Waals surface area contributed by atoms with Gasteiger partial charge in [-0.2, -0.15) is 0 Å². The predicted octanol–water partition coefficient (Wildman–Crippen LogP) is 11.5. The molecule has 6 aromatic rings. The number of aryl methyl sites for hydroxylation is 3. The summed E-state index contributed by atoms with van der Waals surface area (Å²) in [6, 6.07) is 16.6. The van der Waals surface area contributed by atoms with E-state index in [9.17, 15) is 19.8 Å². The Balaban J connectivity index is 0.000000177. The second-order valence-electron chi connectivity index (χ2n) is 19.0. The van der Waals surface area contributed by atoms with Crippen molar-refractivity contribution in [2.45, 2.75) is 105 Å². The Hall–Kier alpha value is -5.50. The summed E-state index contributed by atoms with van der Waals surface area (Å²) in [5.41, 5.74) is 11.6. The smallest absolute Gasteiger partial charge is 0.337 e. The minimum Gasteiger partial charge on any atom is -0.478 e. The van der Waals surface area contributed by atoms with Crippen molar-refractivity contribution in [2.75, 3.05) is 0 Å². The van der Waals surface area contributed by atoms with Gasteiger partial charge in [-0.25, -0.2) is 9.59 Å². The summed E-state index contributed by atoms with van der Waals surface area (Å²) in [6.07, 6.45) is 20.0. The number of carboxylic acids is 2. The highest BCUT2D eigenvalue weighted by Crippen LogP contribution is 2.41. The van der Waals surface area contributed by atoms with Gasteiger partial charge < -0.3 is 19.3 Å². The summed E-state index contributed by atoms with van der Waals surface area (Å²) in [5.74, 6) is -0.795. The number of carboxylic acid groups (broad SMARTS) is 2. The van der Waals surface area contributed by atoms with E-state index in [0.717, 1.165) is 71.7 Å². The molecule has 0 amide bonds. The van der Waals surface area contributed by atoms with Gasteiger partial charge in [0.15, 0.2) is 0 Å². The van der Waals surface area contributed by atoms with Gasteiger partial charge >= 0.3 is 11.9 Å². The first kappa shape index (κ1) is 40.7. The molecule has 0 unspecified atom stereocenters. The van der Waals surface area contributed by atoms with Gasteiger partial charge in [0.1, 0.15) is 0 Å². The highest BCUT2D eigenvalue weighted by molar-refractivity contribution is 5.91. The van der Waals surface area contributed by atoms with Gasteiger partial charge in [0, 0.05) is 62.5 Å². The van der Waals surface area contributed by atoms with Crippen LogP contribution in [0.25, 0.3) is 27.9 Å². The number of rotatable bonds is 11. The summed E-state index contributed by atoms with van der Waals surface area (Å²) in [4.78, 5) is 32.8. The molecule has 2 N–H and O–H groups in total. The number of carbonyl (C=O) groups is 2. The number of allylic oxidation sites excluding steroid dienone is 1. The van der Waals surface area contributed by atoms with E-state index in [1.54, 1.807) is 0 Å². The van der Waals surface area contributed by atoms with Crippen molar-refractivity contribution in [1.82, 2.24) is 19.1 Å². The second kappa shape index (κ2) is 16.0. The summed E-state index contributed by atoms with van der Waals surface area (Å²) >= 11 is 0. The van der Waals surface area contributed by atoms with E-state index >= 15 is 0 Å². The summed E-state index contributed by atoms with van der Waals surface area (Å²) in [6.45, 7) is 13.3. The minimum atomic E-state index is -0.899. The molecule has 2 aromatic carbocycles. The quantitative estimate of drug-likeness (QED) is 0.135. The molecule has 8 heteroatoms. The summed E-state index contributed by atoms with van der Waals surface area (Å²) < 4.78 is 4.31. The Kier molecular flexibility index (Phi) is 11.2. The van der Waals surface area contributed by atoms with Crippen LogP contribution < -0.4 is 0 Å². The van der Waals surface area contributed by atoms with Crippen molar-refractivity contribution >= 4 is 39.8 Å². The molecule has 2 aliphatic rings. The Morgan fingerprint density at radius 1 is 0.707 bits per heavy atom. The number of benzene rings is 2. The van der Waals surface area contributed by atoms with Crippen molar-refractivity contribution in [1.29, 1.82) is 0 Å². The third-order valence-corrected chi connectivity index (χ3v) is 11.4. The molecule has 2 saturated carbocycles. The van der Waals surface area contributed by atoms with Crippen LogP contribution in [-0.4, -0.2) is 41.3 Å². The molecular formula is C50H58N4O4. The summed E-state index contributed by atoms with van der Waals surface area (Å²) in [5, 5.41) is 21.8. The van der Waals surface area contributed by atoms with Gasteiger partial charge in [-0.05, 0) is 137 Å². The molecule has 2 fully saturated rings. The highest BCUT2D eigenvalue weighted by Gasteiger charge is 2.27. The Labute approximate surface area is 342 Å². The number of hydrogen-bond acceptors (Lipinski definition) is 4. The third kappa shape index (κ3) is 9.78. The van der Waals surface area contributed by atoms with Crippen LogP contribution in [0.4, 0.5) is 0 Å². The lowest BCUT2D eigenvalue weighted by Crippen LogP contribution is -2.09.